The van der Waals surface area contributed by atoms with Crippen LogP contribution in [0.3, 0.4) is 0 Å². The van der Waals surface area contributed by atoms with Gasteiger partial charge in [-0.05, 0) is 32.6 Å². The van der Waals surface area contributed by atoms with E-state index in [9.17, 15) is 0 Å². The fourth-order valence-electron chi connectivity index (χ4n) is 3.44. The molecule has 4 nitrogen and oxygen atoms in total. The second-order valence-electron chi connectivity index (χ2n) is 5.75. The Morgan fingerprint density at radius 3 is 3.00 bits per heavy atom. The third-order valence-corrected chi connectivity index (χ3v) is 4.24. The van der Waals surface area contributed by atoms with Gasteiger partial charge in [0.15, 0.2) is 0 Å². The minimum absolute atomic E-state index is 0.484. The molecule has 0 spiro atoms. The number of hydrogen-bond donors (Lipinski definition) is 2. The fraction of sp³-hybridized carbons (Fsp3) is 1.00. The van der Waals surface area contributed by atoms with E-state index in [0.717, 1.165) is 26.2 Å². The van der Waals surface area contributed by atoms with Crippen LogP contribution in [-0.4, -0.2) is 50.1 Å². The maximum atomic E-state index is 5.87. The monoisotopic (exact) mass is 240 g/mol. The molecule has 0 aromatic heterocycles. The summed E-state index contributed by atoms with van der Waals surface area (Å²) >= 11 is 0. The second kappa shape index (κ2) is 5.22. The van der Waals surface area contributed by atoms with Crippen molar-refractivity contribution in [3.8, 4) is 0 Å². The Hall–Kier alpha value is -0.160. The molecular weight excluding hydrogens is 216 g/mol. The van der Waals surface area contributed by atoms with Crippen molar-refractivity contribution in [2.75, 3.05) is 19.8 Å². The van der Waals surface area contributed by atoms with E-state index in [1.54, 1.807) is 0 Å². The van der Waals surface area contributed by atoms with E-state index >= 15 is 0 Å². The number of morpholine rings is 1. The fourth-order valence-corrected chi connectivity index (χ4v) is 3.44. The summed E-state index contributed by atoms with van der Waals surface area (Å²) in [4.78, 5) is 0. The van der Waals surface area contributed by atoms with Crippen LogP contribution in [0, 0.1) is 0 Å². The van der Waals surface area contributed by atoms with Crippen LogP contribution >= 0.6 is 0 Å². The molecule has 98 valence electrons. The molecule has 0 radical (unpaired) electrons. The van der Waals surface area contributed by atoms with Gasteiger partial charge in [0.2, 0.25) is 0 Å². The summed E-state index contributed by atoms with van der Waals surface area (Å²) in [5.41, 5.74) is 0. The van der Waals surface area contributed by atoms with Gasteiger partial charge >= 0.3 is 0 Å². The maximum Gasteiger partial charge on any atom is 0.0733 e. The van der Waals surface area contributed by atoms with Crippen molar-refractivity contribution >= 4 is 0 Å². The summed E-state index contributed by atoms with van der Waals surface area (Å²) in [7, 11) is 0. The Balaban J connectivity index is 1.42. The van der Waals surface area contributed by atoms with Crippen LogP contribution in [0.5, 0.6) is 0 Å². The normalized spacial score (nSPS) is 42.9. The van der Waals surface area contributed by atoms with Crippen LogP contribution in [0.1, 0.15) is 32.6 Å². The summed E-state index contributed by atoms with van der Waals surface area (Å²) in [6.45, 7) is 4.99. The van der Waals surface area contributed by atoms with Crippen molar-refractivity contribution < 1.29 is 9.47 Å². The first-order valence-electron chi connectivity index (χ1n) is 7.04. The van der Waals surface area contributed by atoms with Gasteiger partial charge in [0.25, 0.3) is 0 Å². The number of ether oxygens (including phenoxy) is 2. The molecule has 0 amide bonds. The first-order valence-corrected chi connectivity index (χ1v) is 7.04. The quantitative estimate of drug-likeness (QED) is 0.758. The predicted molar refractivity (Wildman–Crippen MR) is 66.1 cm³/mol. The molecule has 5 atom stereocenters. The van der Waals surface area contributed by atoms with Crippen LogP contribution in [0.2, 0.25) is 0 Å². The minimum atomic E-state index is 0.484. The number of fused-ring (bicyclic) bond motifs is 2. The third kappa shape index (κ3) is 2.81. The van der Waals surface area contributed by atoms with Gasteiger partial charge in [-0.15, -0.1) is 0 Å². The molecule has 2 N–H and O–H groups in total. The van der Waals surface area contributed by atoms with E-state index in [4.69, 9.17) is 9.47 Å². The molecule has 3 aliphatic heterocycles. The first-order chi connectivity index (χ1) is 8.31. The molecule has 0 aromatic carbocycles. The van der Waals surface area contributed by atoms with Crippen molar-refractivity contribution in [3.63, 3.8) is 0 Å². The average Bonchev–Trinajstić information content (AvgIpc) is 2.92. The van der Waals surface area contributed by atoms with Crippen molar-refractivity contribution in [2.45, 2.75) is 62.9 Å². The molecule has 5 unspecified atom stereocenters. The molecule has 3 heterocycles. The van der Waals surface area contributed by atoms with Crippen molar-refractivity contribution in [2.24, 2.45) is 0 Å². The van der Waals surface area contributed by atoms with E-state index < -0.39 is 0 Å². The number of rotatable bonds is 4. The molecule has 4 heteroatoms. The van der Waals surface area contributed by atoms with E-state index in [2.05, 4.69) is 17.6 Å². The van der Waals surface area contributed by atoms with Gasteiger partial charge < -0.3 is 20.1 Å². The van der Waals surface area contributed by atoms with Gasteiger partial charge in [0.05, 0.1) is 25.4 Å². The van der Waals surface area contributed by atoms with Gasteiger partial charge in [0, 0.05) is 24.7 Å². The standard InChI is InChI=1S/C13H24N2O2/c1-9(6-10-8-16-5-4-14-10)15-12-7-11-2-3-13(12)17-11/h9-15H,2-8H2,1H3. The lowest BCUT2D eigenvalue weighted by atomic mass is 9.94. The number of hydrogen-bond acceptors (Lipinski definition) is 4. The van der Waals surface area contributed by atoms with E-state index in [1.807, 2.05) is 0 Å². The number of nitrogens with one attached hydrogen (secondary N) is 2. The highest BCUT2D eigenvalue weighted by Crippen LogP contribution is 2.34. The predicted octanol–water partition coefficient (Wildman–Crippen LogP) is 0.663. The Bertz CT molecular complexity index is 256. The van der Waals surface area contributed by atoms with Crippen LogP contribution in [-0.2, 0) is 9.47 Å². The Labute approximate surface area is 103 Å². The molecule has 17 heavy (non-hydrogen) atoms. The van der Waals surface area contributed by atoms with Gasteiger partial charge in [-0.1, -0.05) is 0 Å². The highest BCUT2D eigenvalue weighted by molar-refractivity contribution is 4.95. The smallest absolute Gasteiger partial charge is 0.0733 e. The second-order valence-corrected chi connectivity index (χ2v) is 5.75. The Morgan fingerprint density at radius 1 is 1.41 bits per heavy atom. The summed E-state index contributed by atoms with van der Waals surface area (Å²) in [6, 6.07) is 1.65. The molecule has 0 aromatic rings. The average molecular weight is 240 g/mol. The topological polar surface area (TPSA) is 42.5 Å². The maximum absolute atomic E-state index is 5.87. The van der Waals surface area contributed by atoms with Gasteiger partial charge in [-0.2, -0.15) is 0 Å². The van der Waals surface area contributed by atoms with Crippen LogP contribution in [0.4, 0.5) is 0 Å². The van der Waals surface area contributed by atoms with Gasteiger partial charge in [0.1, 0.15) is 0 Å². The van der Waals surface area contributed by atoms with Crippen LogP contribution in [0.15, 0.2) is 0 Å². The highest BCUT2D eigenvalue weighted by Gasteiger charge is 2.41. The van der Waals surface area contributed by atoms with E-state index in [1.165, 1.54) is 19.3 Å². The lowest BCUT2D eigenvalue weighted by Crippen LogP contribution is -2.48. The molecule has 3 fully saturated rings. The Morgan fingerprint density at radius 2 is 2.35 bits per heavy atom. The summed E-state index contributed by atoms with van der Waals surface area (Å²) in [5, 5.41) is 7.25. The van der Waals surface area contributed by atoms with Gasteiger partial charge in [-0.3, -0.25) is 0 Å². The zero-order valence-electron chi connectivity index (χ0n) is 10.7. The van der Waals surface area contributed by atoms with E-state index in [-0.39, 0.29) is 0 Å². The van der Waals surface area contributed by atoms with Crippen molar-refractivity contribution in [1.82, 2.24) is 10.6 Å². The molecule has 3 saturated heterocycles. The minimum Gasteiger partial charge on any atom is -0.379 e. The molecular formula is C13H24N2O2. The third-order valence-electron chi connectivity index (χ3n) is 4.24. The first kappa shape index (κ1) is 11.9. The molecule has 3 aliphatic rings. The van der Waals surface area contributed by atoms with Crippen LogP contribution in [0.25, 0.3) is 0 Å². The summed E-state index contributed by atoms with van der Waals surface area (Å²) < 4.78 is 11.4. The summed E-state index contributed by atoms with van der Waals surface area (Å²) in [5.74, 6) is 0. The zero-order valence-corrected chi connectivity index (χ0v) is 10.7. The van der Waals surface area contributed by atoms with Crippen molar-refractivity contribution in [3.05, 3.63) is 0 Å². The molecule has 2 bridgehead atoms. The zero-order chi connectivity index (χ0) is 11.7. The van der Waals surface area contributed by atoms with Crippen molar-refractivity contribution in [1.29, 1.82) is 0 Å². The van der Waals surface area contributed by atoms with E-state index in [0.29, 0.717) is 30.3 Å². The molecule has 3 rings (SSSR count). The molecule has 0 aliphatic carbocycles. The van der Waals surface area contributed by atoms with Crippen LogP contribution < -0.4 is 10.6 Å². The highest BCUT2D eigenvalue weighted by atomic mass is 16.5. The summed E-state index contributed by atoms with van der Waals surface area (Å²) in [6.07, 6.45) is 5.91. The lowest BCUT2D eigenvalue weighted by molar-refractivity contribution is 0.0691. The largest absolute Gasteiger partial charge is 0.379 e. The SMILES string of the molecule is CC(CC1COCCN1)NC1CC2CCC1O2. The Kier molecular flexibility index (Phi) is 3.66. The molecule has 0 saturated carbocycles. The van der Waals surface area contributed by atoms with Gasteiger partial charge in [-0.25, -0.2) is 0 Å². The lowest BCUT2D eigenvalue weighted by Gasteiger charge is -2.29.